The van der Waals surface area contributed by atoms with Crippen LogP contribution in [0.15, 0.2) is 18.2 Å². The van der Waals surface area contributed by atoms with Gasteiger partial charge in [-0.15, -0.1) is 0 Å². The fraction of sp³-hybridized carbons (Fsp3) is 0.500. The first-order chi connectivity index (χ1) is 8.56. The highest BCUT2D eigenvalue weighted by Gasteiger charge is 2.23. The lowest BCUT2D eigenvalue weighted by atomic mass is 10.0. The number of rotatable bonds is 4. The van der Waals surface area contributed by atoms with Crippen LogP contribution < -0.4 is 4.90 Å². The molecular formula is C14H17F2NO. The zero-order valence-corrected chi connectivity index (χ0v) is 10.5. The predicted octanol–water partition coefficient (Wildman–Crippen LogP) is 3.16. The third-order valence-electron chi connectivity index (χ3n) is 3.46. The van der Waals surface area contributed by atoms with Crippen molar-refractivity contribution in [1.82, 2.24) is 0 Å². The molecule has 1 aliphatic rings. The highest BCUT2D eigenvalue weighted by atomic mass is 19.2. The summed E-state index contributed by atoms with van der Waals surface area (Å²) in [6, 6.07) is 4.00. The SMILES string of the molecule is CC(=O)CCC1CCN(c2ccc(F)c(F)c2)C1. The van der Waals surface area contributed by atoms with Gasteiger partial charge in [0.05, 0.1) is 0 Å². The Morgan fingerprint density at radius 2 is 2.17 bits per heavy atom. The average molecular weight is 253 g/mol. The largest absolute Gasteiger partial charge is 0.371 e. The van der Waals surface area contributed by atoms with E-state index in [1.165, 1.54) is 6.07 Å². The fourth-order valence-electron chi connectivity index (χ4n) is 2.39. The molecule has 0 radical (unpaired) electrons. The van der Waals surface area contributed by atoms with Gasteiger partial charge >= 0.3 is 0 Å². The molecule has 98 valence electrons. The molecule has 0 bridgehead atoms. The molecule has 18 heavy (non-hydrogen) atoms. The molecule has 0 amide bonds. The molecule has 0 saturated carbocycles. The van der Waals surface area contributed by atoms with E-state index in [4.69, 9.17) is 0 Å². The quantitative estimate of drug-likeness (QED) is 0.821. The first kappa shape index (κ1) is 13.0. The monoisotopic (exact) mass is 253 g/mol. The minimum absolute atomic E-state index is 0.210. The first-order valence-corrected chi connectivity index (χ1v) is 6.25. The molecule has 1 atom stereocenters. The number of carbonyl (C=O) groups excluding carboxylic acids is 1. The molecule has 1 unspecified atom stereocenters. The maximum atomic E-state index is 13.1. The van der Waals surface area contributed by atoms with Gasteiger partial charge in [-0.3, -0.25) is 0 Å². The molecule has 0 N–H and O–H groups in total. The van der Waals surface area contributed by atoms with Gasteiger partial charge in [0, 0.05) is 31.3 Å². The van der Waals surface area contributed by atoms with Crippen LogP contribution in [0.3, 0.4) is 0 Å². The molecule has 2 rings (SSSR count). The molecule has 4 heteroatoms. The van der Waals surface area contributed by atoms with Crippen LogP contribution in [0, 0.1) is 17.6 Å². The van der Waals surface area contributed by atoms with Gasteiger partial charge in [-0.2, -0.15) is 0 Å². The zero-order valence-electron chi connectivity index (χ0n) is 10.5. The molecule has 0 spiro atoms. The Kier molecular flexibility index (Phi) is 3.94. The van der Waals surface area contributed by atoms with Crippen molar-refractivity contribution in [3.8, 4) is 0 Å². The normalized spacial score (nSPS) is 19.3. The molecule has 2 nitrogen and oxygen atoms in total. The maximum absolute atomic E-state index is 13.1. The molecule has 0 aliphatic carbocycles. The van der Waals surface area contributed by atoms with Crippen LogP contribution in [0.1, 0.15) is 26.2 Å². The minimum atomic E-state index is -0.814. The third-order valence-corrected chi connectivity index (χ3v) is 3.46. The van der Waals surface area contributed by atoms with E-state index in [0.29, 0.717) is 12.3 Å². The van der Waals surface area contributed by atoms with Crippen LogP contribution in [0.5, 0.6) is 0 Å². The molecule has 1 saturated heterocycles. The van der Waals surface area contributed by atoms with Crippen LogP contribution in [0.4, 0.5) is 14.5 Å². The third kappa shape index (κ3) is 3.06. The molecule has 0 aromatic heterocycles. The standard InChI is InChI=1S/C14H17F2NO/c1-10(18)2-3-11-6-7-17(9-11)12-4-5-13(15)14(16)8-12/h4-5,8,11H,2-3,6-7,9H2,1H3. The van der Waals surface area contributed by atoms with Crippen LogP contribution in [0.25, 0.3) is 0 Å². The number of ketones is 1. The molecule has 1 heterocycles. The summed E-state index contributed by atoms with van der Waals surface area (Å²) < 4.78 is 26.0. The Hall–Kier alpha value is -1.45. The molecule has 1 aromatic rings. The Morgan fingerprint density at radius 1 is 1.39 bits per heavy atom. The number of Topliss-reactive ketones (excluding diaryl/α,β-unsaturated/α-hetero) is 1. The predicted molar refractivity (Wildman–Crippen MR) is 66.6 cm³/mol. The van der Waals surface area contributed by atoms with E-state index >= 15 is 0 Å². The van der Waals surface area contributed by atoms with Crippen molar-refractivity contribution < 1.29 is 13.6 Å². The maximum Gasteiger partial charge on any atom is 0.160 e. The average Bonchev–Trinajstić information content (AvgIpc) is 2.79. The van der Waals surface area contributed by atoms with Gasteiger partial charge in [0.25, 0.3) is 0 Å². The summed E-state index contributed by atoms with van der Waals surface area (Å²) in [7, 11) is 0. The van der Waals surface area contributed by atoms with Crippen molar-refractivity contribution in [3.63, 3.8) is 0 Å². The second-order valence-corrected chi connectivity index (χ2v) is 4.94. The second-order valence-electron chi connectivity index (χ2n) is 4.94. The van der Waals surface area contributed by atoms with Crippen LogP contribution in [0.2, 0.25) is 0 Å². The lowest BCUT2D eigenvalue weighted by Crippen LogP contribution is -2.20. The molecular weight excluding hydrogens is 236 g/mol. The summed E-state index contributed by atoms with van der Waals surface area (Å²) in [5.74, 6) is -0.936. The van der Waals surface area contributed by atoms with Crippen LogP contribution in [-0.4, -0.2) is 18.9 Å². The first-order valence-electron chi connectivity index (χ1n) is 6.25. The minimum Gasteiger partial charge on any atom is -0.371 e. The number of benzene rings is 1. The van der Waals surface area contributed by atoms with Crippen molar-refractivity contribution in [3.05, 3.63) is 29.8 Å². The van der Waals surface area contributed by atoms with E-state index in [9.17, 15) is 13.6 Å². The summed E-state index contributed by atoms with van der Waals surface area (Å²) in [5.41, 5.74) is 0.722. The Labute approximate surface area is 106 Å². The van der Waals surface area contributed by atoms with Gasteiger partial charge in [-0.25, -0.2) is 8.78 Å². The molecule has 1 aliphatic heterocycles. The zero-order chi connectivity index (χ0) is 13.1. The highest BCUT2D eigenvalue weighted by molar-refractivity contribution is 5.75. The van der Waals surface area contributed by atoms with Gasteiger partial charge < -0.3 is 9.69 Å². The van der Waals surface area contributed by atoms with E-state index in [-0.39, 0.29) is 5.78 Å². The van der Waals surface area contributed by atoms with E-state index < -0.39 is 11.6 Å². The van der Waals surface area contributed by atoms with Gasteiger partial charge in [0.15, 0.2) is 11.6 Å². The van der Waals surface area contributed by atoms with Gasteiger partial charge in [0.2, 0.25) is 0 Å². The van der Waals surface area contributed by atoms with Gasteiger partial charge in [-0.1, -0.05) is 0 Å². The van der Waals surface area contributed by atoms with Gasteiger partial charge in [0.1, 0.15) is 5.78 Å². The summed E-state index contributed by atoms with van der Waals surface area (Å²) in [6.45, 7) is 3.26. The summed E-state index contributed by atoms with van der Waals surface area (Å²) in [5, 5.41) is 0. The second kappa shape index (κ2) is 5.46. The van der Waals surface area contributed by atoms with Crippen LogP contribution in [-0.2, 0) is 4.79 Å². The van der Waals surface area contributed by atoms with Crippen molar-refractivity contribution in [1.29, 1.82) is 0 Å². The summed E-state index contributed by atoms with van der Waals surface area (Å²) in [6.07, 6.45) is 2.50. The summed E-state index contributed by atoms with van der Waals surface area (Å²) >= 11 is 0. The van der Waals surface area contributed by atoms with E-state index in [1.54, 1.807) is 13.0 Å². The summed E-state index contributed by atoms with van der Waals surface area (Å²) in [4.78, 5) is 13.0. The number of hydrogen-bond acceptors (Lipinski definition) is 2. The van der Waals surface area contributed by atoms with Crippen molar-refractivity contribution in [2.24, 2.45) is 5.92 Å². The van der Waals surface area contributed by atoms with Gasteiger partial charge in [-0.05, 0) is 37.8 Å². The lowest BCUT2D eigenvalue weighted by Gasteiger charge is -2.18. The van der Waals surface area contributed by atoms with Crippen molar-refractivity contribution >= 4 is 11.5 Å². The number of carbonyl (C=O) groups is 1. The molecule has 1 aromatic carbocycles. The van der Waals surface area contributed by atoms with E-state index in [2.05, 4.69) is 0 Å². The lowest BCUT2D eigenvalue weighted by molar-refractivity contribution is -0.117. The number of hydrogen-bond donors (Lipinski definition) is 0. The highest BCUT2D eigenvalue weighted by Crippen LogP contribution is 2.27. The Bertz CT molecular complexity index is 447. The van der Waals surface area contributed by atoms with E-state index in [1.807, 2.05) is 4.90 Å². The number of nitrogens with zero attached hydrogens (tertiary/aromatic N) is 1. The Balaban J connectivity index is 1.95. The number of halogens is 2. The fourth-order valence-corrected chi connectivity index (χ4v) is 2.39. The smallest absolute Gasteiger partial charge is 0.160 e. The van der Waals surface area contributed by atoms with E-state index in [0.717, 1.165) is 37.7 Å². The van der Waals surface area contributed by atoms with Crippen molar-refractivity contribution in [2.45, 2.75) is 26.2 Å². The van der Waals surface area contributed by atoms with Crippen LogP contribution >= 0.6 is 0 Å². The number of anilines is 1. The topological polar surface area (TPSA) is 20.3 Å². The van der Waals surface area contributed by atoms with Crippen molar-refractivity contribution in [2.75, 3.05) is 18.0 Å². The Morgan fingerprint density at radius 3 is 2.83 bits per heavy atom. The molecule has 1 fully saturated rings.